The fourth-order valence-corrected chi connectivity index (χ4v) is 2.90. The first-order valence-electron chi connectivity index (χ1n) is 6.61. The van der Waals surface area contributed by atoms with E-state index in [1.54, 1.807) is 13.8 Å². The highest BCUT2D eigenvalue weighted by Crippen LogP contribution is 2.34. The number of rotatable bonds is 7. The lowest BCUT2D eigenvalue weighted by Crippen LogP contribution is -2.15. The molecule has 1 amide bonds. The molecular formula is C14H17NO6S. The SMILES string of the molecule is CCOC(=O)c1c(NC(=O)CCC(=O)O)sc(C(C)=O)c1C. The molecule has 0 aliphatic heterocycles. The largest absolute Gasteiger partial charge is 0.481 e. The summed E-state index contributed by atoms with van der Waals surface area (Å²) >= 11 is 0.981. The maximum Gasteiger partial charge on any atom is 0.341 e. The zero-order chi connectivity index (χ0) is 16.9. The number of carbonyl (C=O) groups excluding carboxylic acids is 3. The van der Waals surface area contributed by atoms with Crippen LogP contribution in [0.15, 0.2) is 0 Å². The summed E-state index contributed by atoms with van der Waals surface area (Å²) in [6.07, 6.45) is -0.533. The maximum atomic E-state index is 12.0. The van der Waals surface area contributed by atoms with Gasteiger partial charge in [0.1, 0.15) is 5.00 Å². The second-order valence-electron chi connectivity index (χ2n) is 4.48. The number of carboxylic acids is 1. The first-order valence-corrected chi connectivity index (χ1v) is 7.42. The maximum absolute atomic E-state index is 12.0. The van der Waals surface area contributed by atoms with Crippen molar-refractivity contribution in [2.45, 2.75) is 33.6 Å². The van der Waals surface area contributed by atoms with Gasteiger partial charge >= 0.3 is 11.9 Å². The number of ether oxygens (including phenoxy) is 1. The molecule has 0 bridgehead atoms. The molecule has 22 heavy (non-hydrogen) atoms. The molecule has 0 aliphatic carbocycles. The van der Waals surface area contributed by atoms with Crippen molar-refractivity contribution in [3.8, 4) is 0 Å². The molecule has 1 aromatic heterocycles. The number of carboxylic acid groups (broad SMARTS) is 1. The van der Waals surface area contributed by atoms with Crippen LogP contribution in [0.5, 0.6) is 0 Å². The second kappa shape index (κ2) is 7.69. The normalized spacial score (nSPS) is 10.1. The van der Waals surface area contributed by atoms with Crippen molar-refractivity contribution < 1.29 is 29.0 Å². The lowest BCUT2D eigenvalue weighted by Gasteiger charge is -2.06. The van der Waals surface area contributed by atoms with Crippen LogP contribution in [0.3, 0.4) is 0 Å². The highest BCUT2D eigenvalue weighted by molar-refractivity contribution is 7.18. The molecule has 1 rings (SSSR count). The number of Topliss-reactive ketones (excluding diaryl/α,β-unsaturated/α-hetero) is 1. The quantitative estimate of drug-likeness (QED) is 0.587. The van der Waals surface area contributed by atoms with Gasteiger partial charge in [0, 0.05) is 6.42 Å². The summed E-state index contributed by atoms with van der Waals surface area (Å²) in [5.41, 5.74) is 0.588. The predicted molar refractivity (Wildman–Crippen MR) is 80.5 cm³/mol. The van der Waals surface area contributed by atoms with Crippen molar-refractivity contribution in [1.29, 1.82) is 0 Å². The van der Waals surface area contributed by atoms with Gasteiger partial charge in [0.25, 0.3) is 0 Å². The standard InChI is InChI=1S/C14H17NO6S/c1-4-21-14(20)11-7(2)12(8(3)16)22-13(11)15-9(17)5-6-10(18)19/h4-6H2,1-3H3,(H,15,17)(H,18,19). The Kier molecular flexibility index (Phi) is 6.24. The number of ketones is 1. The molecule has 8 heteroatoms. The number of anilines is 1. The fraction of sp³-hybridized carbons (Fsp3) is 0.429. The molecule has 2 N–H and O–H groups in total. The van der Waals surface area contributed by atoms with Crippen LogP contribution in [0, 0.1) is 6.92 Å². The summed E-state index contributed by atoms with van der Waals surface area (Å²) in [5, 5.41) is 11.3. The molecule has 0 saturated carbocycles. The number of esters is 1. The first kappa shape index (κ1) is 17.8. The van der Waals surface area contributed by atoms with Crippen LogP contribution in [-0.4, -0.2) is 35.3 Å². The fourth-order valence-electron chi connectivity index (χ4n) is 1.80. The molecule has 1 heterocycles. The summed E-state index contributed by atoms with van der Waals surface area (Å²) in [6.45, 7) is 4.78. The van der Waals surface area contributed by atoms with Crippen LogP contribution >= 0.6 is 11.3 Å². The predicted octanol–water partition coefficient (Wildman–Crippen LogP) is 2.24. The lowest BCUT2D eigenvalue weighted by atomic mass is 10.1. The van der Waals surface area contributed by atoms with E-state index >= 15 is 0 Å². The minimum atomic E-state index is -1.09. The minimum Gasteiger partial charge on any atom is -0.481 e. The molecule has 0 unspecified atom stereocenters. The van der Waals surface area contributed by atoms with Gasteiger partial charge in [-0.25, -0.2) is 4.79 Å². The molecule has 1 aromatic rings. The summed E-state index contributed by atoms with van der Waals surface area (Å²) in [4.78, 5) is 46.1. The number of carbonyl (C=O) groups is 4. The highest BCUT2D eigenvalue weighted by atomic mass is 32.1. The molecular weight excluding hydrogens is 310 g/mol. The average molecular weight is 327 g/mol. The Morgan fingerprint density at radius 2 is 1.86 bits per heavy atom. The number of aliphatic carboxylic acids is 1. The summed E-state index contributed by atoms with van der Waals surface area (Å²) in [5.74, 6) is -2.48. The third kappa shape index (κ3) is 4.39. The molecule has 0 saturated heterocycles. The summed E-state index contributed by atoms with van der Waals surface area (Å²) in [6, 6.07) is 0. The monoisotopic (exact) mass is 327 g/mol. The van der Waals surface area contributed by atoms with E-state index in [0.717, 1.165) is 11.3 Å². The van der Waals surface area contributed by atoms with E-state index in [4.69, 9.17) is 9.84 Å². The number of thiophene rings is 1. The Balaban J connectivity index is 3.08. The smallest absolute Gasteiger partial charge is 0.341 e. The van der Waals surface area contributed by atoms with E-state index in [2.05, 4.69) is 5.32 Å². The van der Waals surface area contributed by atoms with E-state index in [-0.39, 0.29) is 35.8 Å². The molecule has 7 nitrogen and oxygen atoms in total. The second-order valence-corrected chi connectivity index (χ2v) is 5.50. The van der Waals surface area contributed by atoms with Gasteiger partial charge in [0.2, 0.25) is 5.91 Å². The molecule has 0 aromatic carbocycles. The summed E-state index contributed by atoms with van der Waals surface area (Å²) < 4.78 is 4.93. The van der Waals surface area contributed by atoms with Gasteiger partial charge in [-0.3, -0.25) is 14.4 Å². The Labute approximate surface area is 131 Å². The van der Waals surface area contributed by atoms with Crippen molar-refractivity contribution in [3.05, 3.63) is 16.0 Å². The number of hydrogen-bond acceptors (Lipinski definition) is 6. The topological polar surface area (TPSA) is 110 Å². The zero-order valence-corrected chi connectivity index (χ0v) is 13.3. The van der Waals surface area contributed by atoms with Crippen molar-refractivity contribution in [2.24, 2.45) is 0 Å². The zero-order valence-electron chi connectivity index (χ0n) is 12.5. The van der Waals surface area contributed by atoms with Crippen molar-refractivity contribution in [1.82, 2.24) is 0 Å². The minimum absolute atomic E-state index is 0.140. The van der Waals surface area contributed by atoms with Gasteiger partial charge in [-0.05, 0) is 26.3 Å². The number of amides is 1. The molecule has 0 aliphatic rings. The highest BCUT2D eigenvalue weighted by Gasteiger charge is 2.25. The van der Waals surface area contributed by atoms with Gasteiger partial charge in [-0.2, -0.15) is 0 Å². The van der Waals surface area contributed by atoms with Crippen molar-refractivity contribution in [2.75, 3.05) is 11.9 Å². The molecule has 0 atom stereocenters. The Hall–Kier alpha value is -2.22. The number of hydrogen-bond donors (Lipinski definition) is 2. The van der Waals surface area contributed by atoms with Crippen molar-refractivity contribution >= 4 is 40.0 Å². The van der Waals surface area contributed by atoms with Crippen LogP contribution in [-0.2, 0) is 14.3 Å². The Bertz CT molecular complexity index is 619. The molecule has 0 spiro atoms. The third-order valence-electron chi connectivity index (χ3n) is 2.76. The van der Waals surface area contributed by atoms with Gasteiger partial charge in [-0.15, -0.1) is 11.3 Å². The van der Waals surface area contributed by atoms with Crippen LogP contribution in [0.4, 0.5) is 5.00 Å². The first-order chi connectivity index (χ1) is 10.3. The van der Waals surface area contributed by atoms with Crippen LogP contribution in [0.25, 0.3) is 0 Å². The van der Waals surface area contributed by atoms with Gasteiger partial charge in [0.05, 0.1) is 23.5 Å². The molecule has 0 fully saturated rings. The van der Waals surface area contributed by atoms with Crippen LogP contribution in [0.1, 0.15) is 52.3 Å². The van der Waals surface area contributed by atoms with E-state index in [1.807, 2.05) is 0 Å². The number of nitrogens with one attached hydrogen (secondary N) is 1. The van der Waals surface area contributed by atoms with Crippen molar-refractivity contribution in [3.63, 3.8) is 0 Å². The lowest BCUT2D eigenvalue weighted by molar-refractivity contribution is -0.138. The van der Waals surface area contributed by atoms with E-state index in [1.165, 1.54) is 6.92 Å². The molecule has 120 valence electrons. The van der Waals surface area contributed by atoms with Gasteiger partial charge in [0.15, 0.2) is 5.78 Å². The average Bonchev–Trinajstić information content (AvgIpc) is 2.73. The van der Waals surface area contributed by atoms with E-state index < -0.39 is 17.8 Å². The van der Waals surface area contributed by atoms with Gasteiger partial charge in [-0.1, -0.05) is 0 Å². The van der Waals surface area contributed by atoms with Gasteiger partial charge < -0.3 is 15.2 Å². The Morgan fingerprint density at radius 1 is 1.23 bits per heavy atom. The van der Waals surface area contributed by atoms with Crippen LogP contribution < -0.4 is 5.32 Å². The third-order valence-corrected chi connectivity index (χ3v) is 4.07. The Morgan fingerprint density at radius 3 is 2.36 bits per heavy atom. The molecule has 0 radical (unpaired) electrons. The summed E-state index contributed by atoms with van der Waals surface area (Å²) in [7, 11) is 0. The van der Waals surface area contributed by atoms with E-state index in [9.17, 15) is 19.2 Å². The van der Waals surface area contributed by atoms with E-state index in [0.29, 0.717) is 10.4 Å². The van der Waals surface area contributed by atoms with Crippen LogP contribution in [0.2, 0.25) is 0 Å².